The Morgan fingerprint density at radius 1 is 1.24 bits per heavy atom. The zero-order valence-electron chi connectivity index (χ0n) is 12.2. The molecule has 1 rings (SSSR count). The first kappa shape index (κ1) is 16.5. The molecule has 0 spiro atoms. The van der Waals surface area contributed by atoms with E-state index in [0.717, 1.165) is 25.0 Å². The molecule has 1 amide bonds. The third-order valence-corrected chi connectivity index (χ3v) is 3.20. The number of nitro groups is 2. The van der Waals surface area contributed by atoms with Crippen molar-refractivity contribution in [2.45, 2.75) is 26.7 Å². The number of rotatable bonds is 6. The second-order valence-electron chi connectivity index (χ2n) is 4.73. The minimum atomic E-state index is -0.741. The van der Waals surface area contributed by atoms with Crippen molar-refractivity contribution < 1.29 is 14.6 Å². The number of hydrogen-bond donors (Lipinski definition) is 0. The zero-order chi connectivity index (χ0) is 16.2. The highest BCUT2D eigenvalue weighted by atomic mass is 16.6. The smallest absolute Gasteiger partial charge is 0.279 e. The number of nitro benzene ring substituents is 2. The van der Waals surface area contributed by atoms with E-state index < -0.39 is 27.1 Å². The summed E-state index contributed by atoms with van der Waals surface area (Å²) < 4.78 is 0. The summed E-state index contributed by atoms with van der Waals surface area (Å²) in [5.74, 6) is -0.451. The molecule has 21 heavy (non-hydrogen) atoms. The molecule has 0 saturated carbocycles. The van der Waals surface area contributed by atoms with E-state index in [-0.39, 0.29) is 11.1 Å². The SMILES string of the molecule is CCCCN(C)C(=O)c1cc([N+](=O)[O-])cc([N+](=O)[O-])c1C. The quantitative estimate of drug-likeness (QED) is 0.592. The lowest BCUT2D eigenvalue weighted by molar-refractivity contribution is -0.394. The molecule has 0 aliphatic heterocycles. The van der Waals surface area contributed by atoms with E-state index in [1.807, 2.05) is 6.92 Å². The molecule has 114 valence electrons. The topological polar surface area (TPSA) is 107 Å². The van der Waals surface area contributed by atoms with Gasteiger partial charge in [-0.2, -0.15) is 0 Å². The molecule has 0 saturated heterocycles. The van der Waals surface area contributed by atoms with Crippen LogP contribution < -0.4 is 0 Å². The van der Waals surface area contributed by atoms with Crippen LogP contribution in [0.25, 0.3) is 0 Å². The van der Waals surface area contributed by atoms with Crippen molar-refractivity contribution in [3.05, 3.63) is 43.5 Å². The summed E-state index contributed by atoms with van der Waals surface area (Å²) in [6.45, 7) is 3.88. The maximum atomic E-state index is 12.3. The van der Waals surface area contributed by atoms with Crippen LogP contribution in [-0.4, -0.2) is 34.2 Å². The number of non-ortho nitro benzene ring substituents is 1. The summed E-state index contributed by atoms with van der Waals surface area (Å²) >= 11 is 0. The van der Waals surface area contributed by atoms with Gasteiger partial charge >= 0.3 is 0 Å². The van der Waals surface area contributed by atoms with Gasteiger partial charge in [0.1, 0.15) is 0 Å². The summed E-state index contributed by atoms with van der Waals surface area (Å²) in [7, 11) is 1.57. The fraction of sp³-hybridized carbons (Fsp3) is 0.462. The van der Waals surface area contributed by atoms with Crippen LogP contribution in [0.2, 0.25) is 0 Å². The summed E-state index contributed by atoms with van der Waals surface area (Å²) in [6, 6.07) is 1.96. The molecule has 0 radical (unpaired) electrons. The van der Waals surface area contributed by atoms with E-state index in [2.05, 4.69) is 0 Å². The average Bonchev–Trinajstić information content (AvgIpc) is 2.43. The fourth-order valence-corrected chi connectivity index (χ4v) is 1.90. The van der Waals surface area contributed by atoms with Crippen molar-refractivity contribution in [1.82, 2.24) is 4.90 Å². The van der Waals surface area contributed by atoms with Gasteiger partial charge < -0.3 is 4.90 Å². The number of nitrogens with zero attached hydrogens (tertiary/aromatic N) is 3. The van der Waals surface area contributed by atoms with E-state index in [4.69, 9.17) is 0 Å². The molecular weight excluding hydrogens is 278 g/mol. The average molecular weight is 295 g/mol. The van der Waals surface area contributed by atoms with Gasteiger partial charge in [0, 0.05) is 25.2 Å². The minimum Gasteiger partial charge on any atom is -0.342 e. The molecule has 1 aromatic rings. The molecule has 0 fully saturated rings. The van der Waals surface area contributed by atoms with E-state index in [9.17, 15) is 25.0 Å². The van der Waals surface area contributed by atoms with Crippen molar-refractivity contribution in [2.75, 3.05) is 13.6 Å². The Labute approximate surface area is 121 Å². The molecule has 8 nitrogen and oxygen atoms in total. The molecule has 0 bridgehead atoms. The Morgan fingerprint density at radius 3 is 2.33 bits per heavy atom. The van der Waals surface area contributed by atoms with Crippen LogP contribution in [0.3, 0.4) is 0 Å². The summed E-state index contributed by atoms with van der Waals surface area (Å²) in [6.07, 6.45) is 1.68. The maximum Gasteiger partial charge on any atom is 0.279 e. The van der Waals surface area contributed by atoms with Gasteiger partial charge in [-0.25, -0.2) is 0 Å². The van der Waals surface area contributed by atoms with E-state index in [1.165, 1.54) is 11.8 Å². The summed E-state index contributed by atoms with van der Waals surface area (Å²) in [5, 5.41) is 21.8. The van der Waals surface area contributed by atoms with Gasteiger partial charge in [-0.15, -0.1) is 0 Å². The number of amides is 1. The third-order valence-electron chi connectivity index (χ3n) is 3.20. The molecule has 0 aromatic heterocycles. The van der Waals surface area contributed by atoms with Crippen LogP contribution in [0.4, 0.5) is 11.4 Å². The molecule has 0 aliphatic carbocycles. The van der Waals surface area contributed by atoms with Crippen LogP contribution >= 0.6 is 0 Å². The third kappa shape index (κ3) is 3.74. The van der Waals surface area contributed by atoms with Gasteiger partial charge in [-0.1, -0.05) is 13.3 Å². The molecule has 0 atom stereocenters. The van der Waals surface area contributed by atoms with Gasteiger partial charge in [-0.05, 0) is 13.3 Å². The molecule has 0 N–H and O–H groups in total. The largest absolute Gasteiger partial charge is 0.342 e. The maximum absolute atomic E-state index is 12.3. The lowest BCUT2D eigenvalue weighted by atomic mass is 10.0. The Bertz CT molecular complexity index is 585. The number of benzene rings is 1. The predicted molar refractivity (Wildman–Crippen MR) is 76.4 cm³/mol. The van der Waals surface area contributed by atoms with Gasteiger partial charge in [-0.3, -0.25) is 25.0 Å². The Balaban J connectivity index is 3.30. The summed E-state index contributed by atoms with van der Waals surface area (Å²) in [4.78, 5) is 34.1. The van der Waals surface area contributed by atoms with Gasteiger partial charge in [0.2, 0.25) is 0 Å². The highest BCUT2D eigenvalue weighted by molar-refractivity contribution is 5.97. The number of carbonyl (C=O) groups excluding carboxylic acids is 1. The van der Waals surface area contributed by atoms with Crippen LogP contribution in [0, 0.1) is 27.2 Å². The Hall–Kier alpha value is -2.51. The highest BCUT2D eigenvalue weighted by Gasteiger charge is 2.26. The first-order valence-electron chi connectivity index (χ1n) is 6.48. The molecule has 1 aromatic carbocycles. The summed E-state index contributed by atoms with van der Waals surface area (Å²) in [5.41, 5.74) is -0.746. The molecule has 0 unspecified atom stereocenters. The zero-order valence-corrected chi connectivity index (χ0v) is 12.2. The lowest BCUT2D eigenvalue weighted by Crippen LogP contribution is -2.28. The number of unbranched alkanes of at least 4 members (excludes halogenated alkanes) is 1. The standard InChI is InChI=1S/C13H17N3O5/c1-4-5-6-14(3)13(17)11-7-10(15(18)19)8-12(9(11)2)16(20)21/h7-8H,4-6H2,1-3H3. The fourth-order valence-electron chi connectivity index (χ4n) is 1.90. The Kier molecular flexibility index (Phi) is 5.34. The van der Waals surface area contributed by atoms with E-state index in [1.54, 1.807) is 7.05 Å². The molecule has 0 heterocycles. The number of carbonyl (C=O) groups is 1. The second kappa shape index (κ2) is 6.78. The predicted octanol–water partition coefficient (Wildman–Crippen LogP) is 2.68. The number of hydrogen-bond acceptors (Lipinski definition) is 5. The minimum absolute atomic E-state index is 0.00509. The van der Waals surface area contributed by atoms with Crippen LogP contribution in [0.1, 0.15) is 35.7 Å². The van der Waals surface area contributed by atoms with Crippen LogP contribution in [0.15, 0.2) is 12.1 Å². The van der Waals surface area contributed by atoms with Crippen LogP contribution in [-0.2, 0) is 0 Å². The first-order valence-corrected chi connectivity index (χ1v) is 6.48. The van der Waals surface area contributed by atoms with Crippen molar-refractivity contribution in [3.63, 3.8) is 0 Å². The molecule has 8 heteroatoms. The highest BCUT2D eigenvalue weighted by Crippen LogP contribution is 2.28. The monoisotopic (exact) mass is 295 g/mol. The Morgan fingerprint density at radius 2 is 1.86 bits per heavy atom. The normalized spacial score (nSPS) is 10.2. The van der Waals surface area contributed by atoms with Crippen molar-refractivity contribution in [1.29, 1.82) is 0 Å². The van der Waals surface area contributed by atoms with Gasteiger partial charge in [0.05, 0.1) is 21.5 Å². The lowest BCUT2D eigenvalue weighted by Gasteiger charge is -2.17. The van der Waals surface area contributed by atoms with E-state index in [0.29, 0.717) is 6.54 Å². The van der Waals surface area contributed by atoms with Crippen molar-refractivity contribution >= 4 is 17.3 Å². The first-order chi connectivity index (χ1) is 9.79. The van der Waals surface area contributed by atoms with Crippen LogP contribution in [0.5, 0.6) is 0 Å². The van der Waals surface area contributed by atoms with Gasteiger partial charge in [0.25, 0.3) is 17.3 Å². The van der Waals surface area contributed by atoms with E-state index >= 15 is 0 Å². The second-order valence-corrected chi connectivity index (χ2v) is 4.73. The molecule has 0 aliphatic rings. The molecular formula is C13H17N3O5. The van der Waals surface area contributed by atoms with Crippen molar-refractivity contribution in [2.24, 2.45) is 0 Å². The van der Waals surface area contributed by atoms with Crippen molar-refractivity contribution in [3.8, 4) is 0 Å². The van der Waals surface area contributed by atoms with Gasteiger partial charge in [0.15, 0.2) is 0 Å².